The fourth-order valence-electron chi connectivity index (χ4n) is 2.68. The number of nitrogens with two attached hydrogens (primary N) is 2. The predicted molar refractivity (Wildman–Crippen MR) is 100 cm³/mol. The van der Waals surface area contributed by atoms with Crippen molar-refractivity contribution in [1.29, 1.82) is 0 Å². The van der Waals surface area contributed by atoms with E-state index in [9.17, 15) is 9.59 Å². The molecule has 1 heterocycles. The summed E-state index contributed by atoms with van der Waals surface area (Å²) in [5.41, 5.74) is 13.6. The molecule has 0 atom stereocenters. The van der Waals surface area contributed by atoms with E-state index in [0.29, 0.717) is 13.2 Å². The van der Waals surface area contributed by atoms with Crippen LogP contribution in [0, 0.1) is 6.92 Å². The van der Waals surface area contributed by atoms with Crippen molar-refractivity contribution >= 4 is 11.8 Å². The highest BCUT2D eigenvalue weighted by molar-refractivity contribution is 6.03. The van der Waals surface area contributed by atoms with Gasteiger partial charge in [0, 0.05) is 6.54 Å². The zero-order valence-corrected chi connectivity index (χ0v) is 14.9. The summed E-state index contributed by atoms with van der Waals surface area (Å²) in [6.07, 6.45) is 1.38. The van der Waals surface area contributed by atoms with E-state index < -0.39 is 11.8 Å². The van der Waals surface area contributed by atoms with Crippen molar-refractivity contribution in [3.63, 3.8) is 0 Å². The number of hydrogen-bond acceptors (Lipinski definition) is 4. The molecule has 0 unspecified atom stereocenters. The minimum atomic E-state index is -0.786. The Bertz CT molecular complexity index is 960. The lowest BCUT2D eigenvalue weighted by Gasteiger charge is -2.09. The van der Waals surface area contributed by atoms with Gasteiger partial charge in [-0.3, -0.25) is 9.59 Å². The lowest BCUT2D eigenvalue weighted by Crippen LogP contribution is -2.23. The van der Waals surface area contributed by atoms with Crippen LogP contribution >= 0.6 is 0 Å². The van der Waals surface area contributed by atoms with Crippen molar-refractivity contribution in [1.82, 2.24) is 9.55 Å². The number of aromatic nitrogens is 2. The van der Waals surface area contributed by atoms with E-state index in [4.69, 9.17) is 16.2 Å². The summed E-state index contributed by atoms with van der Waals surface area (Å²) >= 11 is 0. The van der Waals surface area contributed by atoms with Crippen molar-refractivity contribution in [2.45, 2.75) is 20.1 Å². The van der Waals surface area contributed by atoms with Gasteiger partial charge < -0.3 is 20.8 Å². The van der Waals surface area contributed by atoms with Gasteiger partial charge in [-0.05, 0) is 30.2 Å². The van der Waals surface area contributed by atoms with Crippen LogP contribution in [0.2, 0.25) is 0 Å². The molecule has 138 valence electrons. The number of ether oxygens (including phenoxy) is 1. The topological polar surface area (TPSA) is 113 Å². The third-order valence-corrected chi connectivity index (χ3v) is 4.11. The first-order chi connectivity index (χ1) is 12.9. The van der Waals surface area contributed by atoms with Crippen LogP contribution < -0.4 is 16.2 Å². The highest BCUT2D eigenvalue weighted by Gasteiger charge is 2.20. The van der Waals surface area contributed by atoms with Crippen LogP contribution in [0.1, 0.15) is 37.7 Å². The number of carbonyl (C=O) groups excluding carboxylic acids is 2. The highest BCUT2D eigenvalue weighted by atomic mass is 16.5. The van der Waals surface area contributed by atoms with Crippen LogP contribution in [0.4, 0.5) is 0 Å². The van der Waals surface area contributed by atoms with E-state index in [-0.39, 0.29) is 11.4 Å². The van der Waals surface area contributed by atoms with Crippen molar-refractivity contribution in [3.05, 3.63) is 82.9 Å². The van der Waals surface area contributed by atoms with Gasteiger partial charge in [0.05, 0.1) is 6.33 Å². The van der Waals surface area contributed by atoms with Crippen LogP contribution in [0.5, 0.6) is 5.75 Å². The Morgan fingerprint density at radius 2 is 1.59 bits per heavy atom. The maximum atomic E-state index is 11.6. The first-order valence-electron chi connectivity index (χ1n) is 8.36. The fraction of sp³-hybridized carbons (Fsp3) is 0.150. The van der Waals surface area contributed by atoms with Crippen molar-refractivity contribution in [2.75, 3.05) is 0 Å². The fourth-order valence-corrected chi connectivity index (χ4v) is 2.68. The summed E-state index contributed by atoms with van der Waals surface area (Å²) in [7, 11) is 0. The van der Waals surface area contributed by atoms with Crippen molar-refractivity contribution in [2.24, 2.45) is 11.5 Å². The maximum absolute atomic E-state index is 11.6. The molecule has 0 bridgehead atoms. The van der Waals surface area contributed by atoms with Crippen LogP contribution in [-0.4, -0.2) is 21.4 Å². The SMILES string of the molecule is Cc1ccc(OCc2ccc(Cn3cnc(C(N)=O)c3C(N)=O)cc2)cc1. The molecule has 7 nitrogen and oxygen atoms in total. The molecule has 2 amide bonds. The monoisotopic (exact) mass is 364 g/mol. The molecule has 0 aliphatic carbocycles. The van der Waals surface area contributed by atoms with Gasteiger partial charge >= 0.3 is 0 Å². The molecule has 4 N–H and O–H groups in total. The number of nitrogens with zero attached hydrogens (tertiary/aromatic N) is 2. The van der Waals surface area contributed by atoms with Crippen LogP contribution in [-0.2, 0) is 13.2 Å². The quantitative estimate of drug-likeness (QED) is 0.667. The van der Waals surface area contributed by atoms with E-state index in [2.05, 4.69) is 4.98 Å². The number of amides is 2. The lowest BCUT2D eigenvalue weighted by molar-refractivity contribution is 0.0959. The van der Waals surface area contributed by atoms with E-state index in [1.54, 1.807) is 0 Å². The van der Waals surface area contributed by atoms with E-state index in [0.717, 1.165) is 16.9 Å². The largest absolute Gasteiger partial charge is 0.489 e. The first kappa shape index (κ1) is 18.2. The zero-order valence-electron chi connectivity index (χ0n) is 14.9. The molecule has 0 aliphatic rings. The predicted octanol–water partition coefficient (Wildman–Crippen LogP) is 2.02. The Morgan fingerprint density at radius 3 is 2.19 bits per heavy atom. The second kappa shape index (κ2) is 7.74. The standard InChI is InChI=1S/C20H20N4O3/c1-13-2-8-16(9-3-13)27-11-15-6-4-14(5-7-15)10-24-12-23-17(19(21)25)18(24)20(22)26/h2-9,12H,10-11H2,1H3,(H2,21,25)(H2,22,26). The Balaban J connectivity index is 1.68. The summed E-state index contributed by atoms with van der Waals surface area (Å²) in [6.45, 7) is 2.82. The number of rotatable bonds is 7. The van der Waals surface area contributed by atoms with E-state index in [1.807, 2.05) is 55.5 Å². The third kappa shape index (κ3) is 4.33. The molecule has 27 heavy (non-hydrogen) atoms. The van der Waals surface area contributed by atoms with Gasteiger partial charge in [0.15, 0.2) is 5.69 Å². The Labute approximate surface area is 156 Å². The second-order valence-corrected chi connectivity index (χ2v) is 6.22. The third-order valence-electron chi connectivity index (χ3n) is 4.11. The average Bonchev–Trinajstić information content (AvgIpc) is 3.06. The van der Waals surface area contributed by atoms with E-state index in [1.165, 1.54) is 16.5 Å². The molecule has 2 aromatic carbocycles. The second-order valence-electron chi connectivity index (χ2n) is 6.22. The lowest BCUT2D eigenvalue weighted by atomic mass is 10.1. The van der Waals surface area contributed by atoms with E-state index >= 15 is 0 Å². The molecule has 7 heteroatoms. The smallest absolute Gasteiger partial charge is 0.269 e. The van der Waals surface area contributed by atoms with Gasteiger partial charge in [0.25, 0.3) is 11.8 Å². The molecule has 0 radical (unpaired) electrons. The maximum Gasteiger partial charge on any atom is 0.269 e. The van der Waals surface area contributed by atoms with Gasteiger partial charge in [0.2, 0.25) is 0 Å². The minimum absolute atomic E-state index is 0.00859. The first-order valence-corrected chi connectivity index (χ1v) is 8.36. The summed E-state index contributed by atoms with van der Waals surface area (Å²) in [5.74, 6) is -0.719. The van der Waals surface area contributed by atoms with Gasteiger partial charge in [0.1, 0.15) is 18.1 Å². The normalized spacial score (nSPS) is 10.6. The van der Waals surface area contributed by atoms with Gasteiger partial charge in [-0.25, -0.2) is 4.98 Å². The van der Waals surface area contributed by atoms with Crippen molar-refractivity contribution in [3.8, 4) is 5.75 Å². The Kier molecular flexibility index (Phi) is 5.21. The Morgan fingerprint density at radius 1 is 0.963 bits per heavy atom. The number of carbonyl (C=O) groups is 2. The Hall–Kier alpha value is -3.61. The zero-order chi connectivity index (χ0) is 19.4. The number of hydrogen-bond donors (Lipinski definition) is 2. The molecule has 1 aromatic heterocycles. The molecule has 3 rings (SSSR count). The molecule has 0 saturated heterocycles. The summed E-state index contributed by atoms with van der Waals surface area (Å²) in [5, 5.41) is 0. The molecule has 0 saturated carbocycles. The van der Waals surface area contributed by atoms with Gasteiger partial charge in [-0.15, -0.1) is 0 Å². The number of aryl methyl sites for hydroxylation is 1. The number of imidazole rings is 1. The molecular weight excluding hydrogens is 344 g/mol. The van der Waals surface area contributed by atoms with Gasteiger partial charge in [-0.2, -0.15) is 0 Å². The summed E-state index contributed by atoms with van der Waals surface area (Å²) < 4.78 is 7.27. The highest BCUT2D eigenvalue weighted by Crippen LogP contribution is 2.15. The molecule has 3 aromatic rings. The summed E-state index contributed by atoms with van der Waals surface area (Å²) in [6, 6.07) is 15.6. The van der Waals surface area contributed by atoms with Crippen LogP contribution in [0.3, 0.4) is 0 Å². The summed E-state index contributed by atoms with van der Waals surface area (Å²) in [4.78, 5) is 26.9. The molecular formula is C20H20N4O3. The molecule has 0 spiro atoms. The van der Waals surface area contributed by atoms with Crippen LogP contribution in [0.25, 0.3) is 0 Å². The molecule has 0 fully saturated rings. The van der Waals surface area contributed by atoms with Gasteiger partial charge in [-0.1, -0.05) is 42.0 Å². The van der Waals surface area contributed by atoms with Crippen LogP contribution in [0.15, 0.2) is 54.9 Å². The molecule has 0 aliphatic heterocycles. The number of benzene rings is 2. The minimum Gasteiger partial charge on any atom is -0.489 e. The van der Waals surface area contributed by atoms with Crippen molar-refractivity contribution < 1.29 is 14.3 Å². The average molecular weight is 364 g/mol. The number of primary amides is 2.